The number of amides is 2. The lowest BCUT2D eigenvalue weighted by molar-refractivity contribution is 0.148. The van der Waals surface area contributed by atoms with E-state index in [0.29, 0.717) is 11.5 Å². The van der Waals surface area contributed by atoms with E-state index in [1.54, 1.807) is 0 Å². The molecular weight excluding hydrogens is 574 g/mol. The van der Waals surface area contributed by atoms with Crippen molar-refractivity contribution in [3.8, 4) is 11.3 Å². The zero-order valence-electron chi connectivity index (χ0n) is 26.5. The van der Waals surface area contributed by atoms with Crippen molar-refractivity contribution in [1.82, 2.24) is 24.2 Å². The fraction of sp³-hybridized carbons (Fsp3) is 0.306. The van der Waals surface area contributed by atoms with Gasteiger partial charge in [0.05, 0.1) is 17.6 Å². The number of carbonyl (C=O) groups is 1. The first-order valence-corrected chi connectivity index (χ1v) is 16.0. The van der Waals surface area contributed by atoms with E-state index in [0.717, 1.165) is 96.7 Å². The minimum absolute atomic E-state index is 0.193. The van der Waals surface area contributed by atoms with Gasteiger partial charge < -0.3 is 27.0 Å². The Balaban J connectivity index is 1.14. The Kier molecular flexibility index (Phi) is 8.16. The van der Waals surface area contributed by atoms with E-state index < -0.39 is 0 Å². The highest BCUT2D eigenvalue weighted by molar-refractivity contribution is 6.11. The maximum Gasteiger partial charge on any atom is 0.323 e. The number of nitrogen functional groups attached to an aromatic ring is 1. The number of rotatable bonds is 6. The average Bonchev–Trinajstić information content (AvgIpc) is 3.41. The number of hydrogen-bond acceptors (Lipinski definition) is 7. The molecule has 0 radical (unpaired) electrons. The molecular formula is C36H41N9O. The molecule has 46 heavy (non-hydrogen) atoms. The zero-order valence-corrected chi connectivity index (χ0v) is 26.5. The zero-order chi connectivity index (χ0) is 31.8. The Morgan fingerprint density at radius 1 is 0.978 bits per heavy atom. The number of piperazine rings is 1. The Morgan fingerprint density at radius 3 is 2.48 bits per heavy atom. The standard InChI is InChI=1S/C36H41N9O/c1-23-40-33(34-35(38)39-21-32(45(23)34)25-9-11-26(37)12-10-25)30-15-16-31(29-6-4-3-5-28(29)30)42-36(46)41-27-13-7-24(8-14-27)22-44-19-17-43(2)18-20-44/h3-9,13-16,21,26H,10-12,17-20,22,37H2,1-2H3,(H2,38,39)(H2,41,42,46). The fourth-order valence-corrected chi connectivity index (χ4v) is 6.67. The number of hydrogen-bond donors (Lipinski definition) is 4. The Labute approximate surface area is 269 Å². The number of anilines is 3. The van der Waals surface area contributed by atoms with Gasteiger partial charge >= 0.3 is 6.03 Å². The quantitative estimate of drug-likeness (QED) is 0.192. The largest absolute Gasteiger partial charge is 0.382 e. The number of aryl methyl sites for hydroxylation is 1. The normalized spacial score (nSPS) is 17.7. The van der Waals surface area contributed by atoms with Gasteiger partial charge in [0.25, 0.3) is 0 Å². The molecule has 5 aromatic rings. The minimum Gasteiger partial charge on any atom is -0.382 e. The van der Waals surface area contributed by atoms with Gasteiger partial charge in [0.1, 0.15) is 22.9 Å². The third-order valence-corrected chi connectivity index (χ3v) is 9.28. The molecule has 0 saturated carbocycles. The van der Waals surface area contributed by atoms with Crippen LogP contribution < -0.4 is 22.1 Å². The molecule has 1 aliphatic carbocycles. The first-order valence-electron chi connectivity index (χ1n) is 16.0. The third kappa shape index (κ3) is 5.94. The molecule has 3 heterocycles. The molecule has 1 aliphatic heterocycles. The molecule has 10 heteroatoms. The Hall–Kier alpha value is -4.77. The highest BCUT2D eigenvalue weighted by Gasteiger charge is 2.22. The van der Waals surface area contributed by atoms with Crippen molar-refractivity contribution in [3.05, 3.63) is 90.0 Å². The molecule has 7 rings (SSSR count). The molecule has 1 fully saturated rings. The van der Waals surface area contributed by atoms with Gasteiger partial charge in [-0.1, -0.05) is 48.5 Å². The van der Waals surface area contributed by atoms with Crippen molar-refractivity contribution in [2.45, 2.75) is 38.8 Å². The van der Waals surface area contributed by atoms with E-state index in [1.807, 2.05) is 61.7 Å². The maximum absolute atomic E-state index is 13.2. The Bertz CT molecular complexity index is 1940. The van der Waals surface area contributed by atoms with Crippen LogP contribution in [0.15, 0.2) is 72.9 Å². The van der Waals surface area contributed by atoms with Crippen molar-refractivity contribution in [2.24, 2.45) is 5.73 Å². The van der Waals surface area contributed by atoms with Crippen LogP contribution in [-0.4, -0.2) is 69.5 Å². The van der Waals surface area contributed by atoms with Crippen molar-refractivity contribution in [1.29, 1.82) is 0 Å². The monoisotopic (exact) mass is 615 g/mol. The van der Waals surface area contributed by atoms with Crippen molar-refractivity contribution >= 4 is 45.1 Å². The number of imidazole rings is 1. The molecule has 1 unspecified atom stereocenters. The van der Waals surface area contributed by atoms with Crippen molar-refractivity contribution < 1.29 is 4.79 Å². The van der Waals surface area contributed by atoms with Gasteiger partial charge in [-0.25, -0.2) is 14.8 Å². The molecule has 3 aromatic carbocycles. The third-order valence-electron chi connectivity index (χ3n) is 9.28. The number of likely N-dealkylation sites (N-methyl/N-ethyl adjacent to an activating group) is 1. The van der Waals surface area contributed by atoms with E-state index in [1.165, 1.54) is 11.1 Å². The lowest BCUT2D eigenvalue weighted by Gasteiger charge is -2.32. The van der Waals surface area contributed by atoms with Gasteiger partial charge in [-0.05, 0) is 68.0 Å². The molecule has 1 saturated heterocycles. The first kappa shape index (κ1) is 29.9. The SMILES string of the molecule is Cc1nc(-c2ccc(NC(=O)Nc3ccc(CN4CCN(C)CC4)cc3)c3ccccc23)c2c(N)ncc(C3=CCC(N)CC3)n12. The lowest BCUT2D eigenvalue weighted by atomic mass is 9.94. The highest BCUT2D eigenvalue weighted by atomic mass is 16.2. The number of benzene rings is 3. The van der Waals surface area contributed by atoms with Gasteiger partial charge in [-0.3, -0.25) is 9.30 Å². The number of aromatic nitrogens is 3. The van der Waals surface area contributed by atoms with E-state index in [2.05, 4.69) is 55.1 Å². The molecule has 2 aliphatic rings. The van der Waals surface area contributed by atoms with Crippen LogP contribution in [-0.2, 0) is 6.54 Å². The second-order valence-corrected chi connectivity index (χ2v) is 12.5. The number of nitrogens with two attached hydrogens (primary N) is 2. The number of nitrogens with one attached hydrogen (secondary N) is 2. The number of allylic oxidation sites excluding steroid dienone is 1. The van der Waals surface area contributed by atoms with E-state index in [-0.39, 0.29) is 12.1 Å². The summed E-state index contributed by atoms with van der Waals surface area (Å²) >= 11 is 0. The van der Waals surface area contributed by atoms with E-state index in [4.69, 9.17) is 16.5 Å². The summed E-state index contributed by atoms with van der Waals surface area (Å²) in [4.78, 5) is 27.6. The minimum atomic E-state index is -0.299. The van der Waals surface area contributed by atoms with Crippen LogP contribution in [0.25, 0.3) is 33.1 Å². The Morgan fingerprint density at radius 2 is 1.74 bits per heavy atom. The molecule has 10 nitrogen and oxygen atoms in total. The van der Waals surface area contributed by atoms with Crippen LogP contribution >= 0.6 is 0 Å². The number of fused-ring (bicyclic) bond motifs is 2. The van der Waals surface area contributed by atoms with Crippen LogP contribution in [0.2, 0.25) is 0 Å². The summed E-state index contributed by atoms with van der Waals surface area (Å²) in [5.74, 6) is 1.26. The number of carbonyl (C=O) groups excluding carboxylic acids is 1. The molecule has 6 N–H and O–H groups in total. The van der Waals surface area contributed by atoms with Crippen molar-refractivity contribution in [3.63, 3.8) is 0 Å². The highest BCUT2D eigenvalue weighted by Crippen LogP contribution is 2.38. The predicted octanol–water partition coefficient (Wildman–Crippen LogP) is 5.73. The van der Waals surface area contributed by atoms with E-state index >= 15 is 0 Å². The molecule has 2 amide bonds. The number of nitrogens with zero attached hydrogens (tertiary/aromatic N) is 5. The maximum atomic E-state index is 13.2. The van der Waals surface area contributed by atoms with Crippen molar-refractivity contribution in [2.75, 3.05) is 49.6 Å². The van der Waals surface area contributed by atoms with Crippen LogP contribution in [0.4, 0.5) is 22.0 Å². The predicted molar refractivity (Wildman–Crippen MR) is 187 cm³/mol. The van der Waals surface area contributed by atoms with Crippen LogP contribution in [0.3, 0.4) is 0 Å². The van der Waals surface area contributed by atoms with Crippen LogP contribution in [0, 0.1) is 6.92 Å². The number of urea groups is 1. The van der Waals surface area contributed by atoms with Crippen LogP contribution in [0.1, 0.15) is 36.3 Å². The summed E-state index contributed by atoms with van der Waals surface area (Å²) in [6.07, 6.45) is 6.73. The van der Waals surface area contributed by atoms with Crippen LogP contribution in [0.5, 0.6) is 0 Å². The van der Waals surface area contributed by atoms with Gasteiger partial charge in [0.15, 0.2) is 0 Å². The van der Waals surface area contributed by atoms with Gasteiger partial charge in [-0.2, -0.15) is 0 Å². The summed E-state index contributed by atoms with van der Waals surface area (Å²) in [5, 5.41) is 7.92. The second-order valence-electron chi connectivity index (χ2n) is 12.5. The summed E-state index contributed by atoms with van der Waals surface area (Å²) in [6, 6.07) is 19.9. The van der Waals surface area contributed by atoms with Gasteiger partial charge in [0, 0.05) is 55.4 Å². The smallest absolute Gasteiger partial charge is 0.323 e. The average molecular weight is 616 g/mol. The summed E-state index contributed by atoms with van der Waals surface area (Å²) in [6.45, 7) is 7.24. The lowest BCUT2D eigenvalue weighted by Crippen LogP contribution is -2.43. The van der Waals surface area contributed by atoms with E-state index in [9.17, 15) is 4.79 Å². The summed E-state index contributed by atoms with van der Waals surface area (Å²) in [5.41, 5.74) is 20.1. The topological polar surface area (TPSA) is 130 Å². The van der Waals surface area contributed by atoms with Gasteiger partial charge in [-0.15, -0.1) is 0 Å². The molecule has 0 bridgehead atoms. The fourth-order valence-electron chi connectivity index (χ4n) is 6.67. The second kappa shape index (κ2) is 12.6. The summed E-state index contributed by atoms with van der Waals surface area (Å²) < 4.78 is 2.12. The van der Waals surface area contributed by atoms with Gasteiger partial charge in [0.2, 0.25) is 0 Å². The molecule has 2 aromatic heterocycles. The first-order chi connectivity index (χ1) is 22.3. The molecule has 236 valence electrons. The molecule has 0 spiro atoms. The summed E-state index contributed by atoms with van der Waals surface area (Å²) in [7, 11) is 2.17. The molecule has 1 atom stereocenters.